The van der Waals surface area contributed by atoms with E-state index in [9.17, 15) is 0 Å². The third-order valence-electron chi connectivity index (χ3n) is 2.76. The maximum atomic E-state index is 3.28. The van der Waals surface area contributed by atoms with Crippen molar-refractivity contribution in [2.24, 2.45) is 5.92 Å². The van der Waals surface area contributed by atoms with E-state index in [0.717, 1.165) is 5.92 Å². The molecule has 0 amide bonds. The molecule has 76 valence electrons. The molecule has 0 saturated carbocycles. The maximum absolute atomic E-state index is 3.28. The van der Waals surface area contributed by atoms with Crippen molar-refractivity contribution >= 4 is 0 Å². The molecule has 1 aliphatic carbocycles. The molecule has 0 saturated heterocycles. The SMILES string of the molecule is CCCCC(CC)CC1=C=CC=C=C1. The van der Waals surface area contributed by atoms with Crippen LogP contribution < -0.4 is 0 Å². The molecule has 1 unspecified atom stereocenters. The molecule has 0 aliphatic heterocycles. The van der Waals surface area contributed by atoms with Crippen LogP contribution in [0.4, 0.5) is 0 Å². The Hall–Kier alpha value is -0.960. The average Bonchev–Trinajstić information content (AvgIpc) is 2.25. The molecule has 1 atom stereocenters. The van der Waals surface area contributed by atoms with Gasteiger partial charge in [-0.25, -0.2) is 0 Å². The Morgan fingerprint density at radius 3 is 2.71 bits per heavy atom. The number of unbranched alkanes of at least 4 members (excludes halogenated alkanes) is 1. The van der Waals surface area contributed by atoms with E-state index in [-0.39, 0.29) is 0 Å². The van der Waals surface area contributed by atoms with Crippen LogP contribution in [0, 0.1) is 5.92 Å². The Balaban J connectivity index is 2.40. The summed E-state index contributed by atoms with van der Waals surface area (Å²) in [6.45, 7) is 4.54. The highest BCUT2D eigenvalue weighted by molar-refractivity contribution is 5.25. The first-order valence-electron chi connectivity index (χ1n) is 5.73. The highest BCUT2D eigenvalue weighted by Gasteiger charge is 2.07. The topological polar surface area (TPSA) is 0 Å². The van der Waals surface area contributed by atoms with Crippen LogP contribution in [0.15, 0.2) is 35.3 Å². The van der Waals surface area contributed by atoms with Gasteiger partial charge in [0.25, 0.3) is 0 Å². The van der Waals surface area contributed by atoms with Crippen molar-refractivity contribution in [3.63, 3.8) is 0 Å². The van der Waals surface area contributed by atoms with Crippen molar-refractivity contribution in [3.8, 4) is 0 Å². The number of rotatable bonds is 6. The number of hydrogen-bond acceptors (Lipinski definition) is 0. The van der Waals surface area contributed by atoms with E-state index in [1.54, 1.807) is 0 Å². The van der Waals surface area contributed by atoms with Gasteiger partial charge in [0.15, 0.2) is 0 Å². The first-order chi connectivity index (χ1) is 6.86. The molecule has 0 aromatic carbocycles. The average molecular weight is 188 g/mol. The van der Waals surface area contributed by atoms with Crippen LogP contribution in [0.25, 0.3) is 0 Å². The summed E-state index contributed by atoms with van der Waals surface area (Å²) in [6.07, 6.45) is 12.4. The molecular weight excluding hydrogens is 168 g/mol. The molecular formula is C14H20. The Kier molecular flexibility index (Phi) is 5.15. The fourth-order valence-corrected chi connectivity index (χ4v) is 1.76. The zero-order valence-corrected chi connectivity index (χ0v) is 9.34. The van der Waals surface area contributed by atoms with Gasteiger partial charge in [0.1, 0.15) is 0 Å². The lowest BCUT2D eigenvalue weighted by atomic mass is 9.92. The Labute approximate surface area is 87.7 Å². The summed E-state index contributed by atoms with van der Waals surface area (Å²) in [5.41, 5.74) is 7.71. The second-order valence-corrected chi connectivity index (χ2v) is 3.93. The first-order valence-corrected chi connectivity index (χ1v) is 5.73. The third-order valence-corrected chi connectivity index (χ3v) is 2.76. The van der Waals surface area contributed by atoms with E-state index in [4.69, 9.17) is 0 Å². The Morgan fingerprint density at radius 1 is 1.29 bits per heavy atom. The second kappa shape index (κ2) is 6.49. The lowest BCUT2D eigenvalue weighted by Gasteiger charge is -2.13. The van der Waals surface area contributed by atoms with Crippen LogP contribution in [0.1, 0.15) is 46.0 Å². The molecule has 14 heavy (non-hydrogen) atoms. The molecule has 1 aliphatic rings. The molecule has 1 rings (SSSR count). The van der Waals surface area contributed by atoms with Crippen LogP contribution in [-0.2, 0) is 0 Å². The molecule has 0 fully saturated rings. The van der Waals surface area contributed by atoms with Gasteiger partial charge in [-0.3, -0.25) is 0 Å². The molecule has 0 N–H and O–H groups in total. The summed E-state index contributed by atoms with van der Waals surface area (Å²) < 4.78 is 0. The molecule has 0 radical (unpaired) electrons. The summed E-state index contributed by atoms with van der Waals surface area (Å²) >= 11 is 0. The van der Waals surface area contributed by atoms with Crippen LogP contribution in [-0.4, -0.2) is 0 Å². The summed E-state index contributed by atoms with van der Waals surface area (Å²) in [5, 5.41) is 0. The van der Waals surface area contributed by atoms with E-state index in [2.05, 4.69) is 31.4 Å². The van der Waals surface area contributed by atoms with E-state index >= 15 is 0 Å². The largest absolute Gasteiger partial charge is 0.119 e. The van der Waals surface area contributed by atoms with Crippen molar-refractivity contribution in [1.29, 1.82) is 0 Å². The predicted molar refractivity (Wildman–Crippen MR) is 62.2 cm³/mol. The van der Waals surface area contributed by atoms with E-state index < -0.39 is 0 Å². The van der Waals surface area contributed by atoms with E-state index in [0.29, 0.717) is 0 Å². The van der Waals surface area contributed by atoms with Gasteiger partial charge in [-0.05, 0) is 30.6 Å². The lowest BCUT2D eigenvalue weighted by molar-refractivity contribution is 0.451. The standard InChI is InChI=1S/C14H20/c1-3-5-9-13(4-2)12-14-10-7-6-8-11-14/h6-7,11,13H,3-5,9,12H2,1-2H3. The van der Waals surface area contributed by atoms with Crippen molar-refractivity contribution < 1.29 is 0 Å². The highest BCUT2D eigenvalue weighted by atomic mass is 14.1. The predicted octanol–water partition coefficient (Wildman–Crippen LogP) is 4.40. The second-order valence-electron chi connectivity index (χ2n) is 3.93. The summed E-state index contributed by atoms with van der Waals surface area (Å²) in [7, 11) is 0. The first kappa shape index (κ1) is 11.1. The van der Waals surface area contributed by atoms with Crippen LogP contribution in [0.2, 0.25) is 0 Å². The normalized spacial score (nSPS) is 15.7. The Bertz CT molecular complexity index is 281. The molecule has 0 heteroatoms. The van der Waals surface area contributed by atoms with Crippen molar-refractivity contribution in [2.75, 3.05) is 0 Å². The van der Waals surface area contributed by atoms with Gasteiger partial charge in [0.05, 0.1) is 0 Å². The van der Waals surface area contributed by atoms with Crippen LogP contribution >= 0.6 is 0 Å². The van der Waals surface area contributed by atoms with Crippen LogP contribution in [0.3, 0.4) is 0 Å². The monoisotopic (exact) mass is 188 g/mol. The van der Waals surface area contributed by atoms with Crippen molar-refractivity contribution in [1.82, 2.24) is 0 Å². The maximum Gasteiger partial charge on any atom is 0.00197 e. The van der Waals surface area contributed by atoms with Gasteiger partial charge in [-0.1, -0.05) is 39.5 Å². The highest BCUT2D eigenvalue weighted by Crippen LogP contribution is 2.21. The fourth-order valence-electron chi connectivity index (χ4n) is 1.76. The molecule has 0 bridgehead atoms. The van der Waals surface area contributed by atoms with Gasteiger partial charge in [0, 0.05) is 5.57 Å². The van der Waals surface area contributed by atoms with Gasteiger partial charge in [-0.15, -0.1) is 11.5 Å². The van der Waals surface area contributed by atoms with Crippen molar-refractivity contribution in [2.45, 2.75) is 46.0 Å². The van der Waals surface area contributed by atoms with Crippen LogP contribution in [0.5, 0.6) is 0 Å². The van der Waals surface area contributed by atoms with Gasteiger partial charge in [0.2, 0.25) is 0 Å². The quantitative estimate of drug-likeness (QED) is 0.542. The summed E-state index contributed by atoms with van der Waals surface area (Å²) in [6, 6.07) is 0. The van der Waals surface area contributed by atoms with Crippen molar-refractivity contribution in [3.05, 3.63) is 35.3 Å². The third kappa shape index (κ3) is 3.83. The zero-order valence-electron chi connectivity index (χ0n) is 9.34. The molecule has 0 heterocycles. The minimum absolute atomic E-state index is 0.835. The summed E-state index contributed by atoms with van der Waals surface area (Å²) in [4.78, 5) is 0. The number of allylic oxidation sites excluding steroid dienone is 2. The molecule has 0 aromatic heterocycles. The Morgan fingerprint density at radius 2 is 2.14 bits per heavy atom. The summed E-state index contributed by atoms with van der Waals surface area (Å²) in [5.74, 6) is 0.835. The molecule has 0 aromatic rings. The zero-order chi connectivity index (χ0) is 10.2. The lowest BCUT2D eigenvalue weighted by Crippen LogP contribution is -1.99. The molecule has 0 nitrogen and oxygen atoms in total. The van der Waals surface area contributed by atoms with E-state index in [1.807, 2.05) is 12.2 Å². The fraction of sp³-hybridized carbons (Fsp3) is 0.571. The molecule has 0 spiro atoms. The minimum atomic E-state index is 0.835. The van der Waals surface area contributed by atoms with Gasteiger partial charge < -0.3 is 0 Å². The van der Waals surface area contributed by atoms with Gasteiger partial charge >= 0.3 is 0 Å². The minimum Gasteiger partial charge on any atom is -0.119 e. The van der Waals surface area contributed by atoms with E-state index in [1.165, 1.54) is 37.7 Å². The smallest absolute Gasteiger partial charge is 0.00197 e. The number of hydrogen-bond donors (Lipinski definition) is 0. The van der Waals surface area contributed by atoms with Gasteiger partial charge in [-0.2, -0.15) is 0 Å².